The molecule has 0 aromatic rings. The van der Waals surface area contributed by atoms with Gasteiger partial charge >= 0.3 is 5.97 Å². The zero-order chi connectivity index (χ0) is 13.3. The predicted octanol–water partition coefficient (Wildman–Crippen LogP) is 2.18. The maximum absolute atomic E-state index is 12.1. The molecule has 1 atom stereocenters. The summed E-state index contributed by atoms with van der Waals surface area (Å²) in [5, 5.41) is 11.8. The third kappa shape index (κ3) is 3.03. The summed E-state index contributed by atoms with van der Waals surface area (Å²) < 4.78 is 0. The number of carbonyl (C=O) groups excluding carboxylic acids is 1. The zero-order valence-electron chi connectivity index (χ0n) is 11.2. The molecule has 18 heavy (non-hydrogen) atoms. The van der Waals surface area contributed by atoms with Crippen LogP contribution in [0.2, 0.25) is 0 Å². The molecule has 0 aliphatic heterocycles. The van der Waals surface area contributed by atoms with Crippen LogP contribution in [-0.4, -0.2) is 23.0 Å². The molecule has 0 bridgehead atoms. The lowest BCUT2D eigenvalue weighted by Crippen LogP contribution is -2.49. The minimum Gasteiger partial charge on any atom is -0.481 e. The molecule has 1 amide bonds. The van der Waals surface area contributed by atoms with Crippen molar-refractivity contribution in [1.82, 2.24) is 5.32 Å². The van der Waals surface area contributed by atoms with Crippen molar-refractivity contribution < 1.29 is 14.7 Å². The monoisotopic (exact) mass is 253 g/mol. The number of aliphatic carboxylic acids is 1. The summed E-state index contributed by atoms with van der Waals surface area (Å²) in [6, 6.07) is 0.0867. The van der Waals surface area contributed by atoms with Crippen LogP contribution in [0.4, 0.5) is 0 Å². The zero-order valence-corrected chi connectivity index (χ0v) is 11.2. The molecule has 0 saturated heterocycles. The molecule has 0 aromatic heterocycles. The lowest BCUT2D eigenvalue weighted by Gasteiger charge is -2.37. The molecule has 0 radical (unpaired) electrons. The number of hydrogen-bond acceptors (Lipinski definition) is 2. The van der Waals surface area contributed by atoms with E-state index in [9.17, 15) is 9.59 Å². The first-order valence-corrected chi connectivity index (χ1v) is 6.90. The van der Waals surface area contributed by atoms with Crippen molar-refractivity contribution in [3.63, 3.8) is 0 Å². The third-order valence-electron chi connectivity index (χ3n) is 4.41. The van der Waals surface area contributed by atoms with Gasteiger partial charge in [0.1, 0.15) is 0 Å². The van der Waals surface area contributed by atoms with Crippen molar-refractivity contribution >= 4 is 11.9 Å². The highest BCUT2D eigenvalue weighted by Crippen LogP contribution is 2.39. The Labute approximate surface area is 108 Å². The van der Waals surface area contributed by atoms with Gasteiger partial charge in [0.05, 0.1) is 5.92 Å². The number of carboxylic acid groups (broad SMARTS) is 1. The van der Waals surface area contributed by atoms with E-state index in [4.69, 9.17) is 5.11 Å². The molecular weight excluding hydrogens is 230 g/mol. The predicted molar refractivity (Wildman–Crippen MR) is 68.0 cm³/mol. The van der Waals surface area contributed by atoms with Gasteiger partial charge in [-0.05, 0) is 37.5 Å². The number of carbonyl (C=O) groups is 2. The Bertz CT molecular complexity index is 345. The van der Waals surface area contributed by atoms with Gasteiger partial charge in [0.2, 0.25) is 5.91 Å². The normalized spacial score (nSPS) is 34.4. The Kier molecular flexibility index (Phi) is 3.64. The van der Waals surface area contributed by atoms with Gasteiger partial charge in [-0.1, -0.05) is 20.3 Å². The quantitative estimate of drug-likeness (QED) is 0.810. The Morgan fingerprint density at radius 2 is 1.89 bits per heavy atom. The van der Waals surface area contributed by atoms with E-state index in [-0.39, 0.29) is 29.2 Å². The number of amides is 1. The van der Waals surface area contributed by atoms with Crippen LogP contribution >= 0.6 is 0 Å². The Morgan fingerprint density at radius 3 is 2.44 bits per heavy atom. The molecule has 4 nitrogen and oxygen atoms in total. The number of rotatable bonds is 3. The lowest BCUT2D eigenvalue weighted by atomic mass is 9.71. The van der Waals surface area contributed by atoms with E-state index in [1.807, 2.05) is 0 Å². The van der Waals surface area contributed by atoms with Gasteiger partial charge < -0.3 is 10.4 Å². The fourth-order valence-corrected chi connectivity index (χ4v) is 3.18. The first-order chi connectivity index (χ1) is 8.37. The largest absolute Gasteiger partial charge is 0.481 e. The SMILES string of the molecule is CC1(C)CCCC(C(=O)NC2CC(C(=O)O)C2)C1. The van der Waals surface area contributed by atoms with Crippen molar-refractivity contribution in [2.24, 2.45) is 17.3 Å². The molecule has 0 spiro atoms. The first-order valence-electron chi connectivity index (χ1n) is 6.90. The Morgan fingerprint density at radius 1 is 1.22 bits per heavy atom. The van der Waals surface area contributed by atoms with E-state index in [0.29, 0.717) is 12.8 Å². The van der Waals surface area contributed by atoms with Crippen molar-refractivity contribution in [3.05, 3.63) is 0 Å². The van der Waals surface area contributed by atoms with E-state index in [0.717, 1.165) is 19.3 Å². The van der Waals surface area contributed by atoms with E-state index in [2.05, 4.69) is 19.2 Å². The van der Waals surface area contributed by atoms with Crippen LogP contribution in [0.25, 0.3) is 0 Å². The smallest absolute Gasteiger partial charge is 0.306 e. The molecule has 102 valence electrons. The number of nitrogens with one attached hydrogen (secondary N) is 1. The van der Waals surface area contributed by atoms with Gasteiger partial charge in [-0.3, -0.25) is 9.59 Å². The van der Waals surface area contributed by atoms with Crippen molar-refractivity contribution in [1.29, 1.82) is 0 Å². The van der Waals surface area contributed by atoms with E-state index >= 15 is 0 Å². The summed E-state index contributed by atoms with van der Waals surface area (Å²) in [6.45, 7) is 4.44. The van der Waals surface area contributed by atoms with E-state index < -0.39 is 5.97 Å². The van der Waals surface area contributed by atoms with E-state index in [1.165, 1.54) is 6.42 Å². The highest BCUT2D eigenvalue weighted by atomic mass is 16.4. The fourth-order valence-electron chi connectivity index (χ4n) is 3.18. The van der Waals surface area contributed by atoms with Crippen molar-refractivity contribution in [3.8, 4) is 0 Å². The van der Waals surface area contributed by atoms with Crippen LogP contribution in [0, 0.1) is 17.3 Å². The minimum absolute atomic E-state index is 0.0867. The van der Waals surface area contributed by atoms with Crippen molar-refractivity contribution in [2.45, 2.75) is 58.4 Å². The lowest BCUT2D eigenvalue weighted by molar-refractivity contribution is -0.146. The van der Waals surface area contributed by atoms with Crippen LogP contribution in [0.3, 0.4) is 0 Å². The number of hydrogen-bond donors (Lipinski definition) is 2. The maximum Gasteiger partial charge on any atom is 0.306 e. The standard InChI is InChI=1S/C14H23NO3/c1-14(2)5-3-4-9(8-14)12(16)15-11-6-10(7-11)13(17)18/h9-11H,3-8H2,1-2H3,(H,15,16)(H,17,18). The fraction of sp³-hybridized carbons (Fsp3) is 0.857. The molecule has 2 fully saturated rings. The Hall–Kier alpha value is -1.06. The molecular formula is C14H23NO3. The molecule has 2 N–H and O–H groups in total. The molecule has 2 saturated carbocycles. The van der Waals surface area contributed by atoms with E-state index in [1.54, 1.807) is 0 Å². The van der Waals surface area contributed by atoms with Gasteiger partial charge in [-0.2, -0.15) is 0 Å². The van der Waals surface area contributed by atoms with Crippen LogP contribution in [-0.2, 0) is 9.59 Å². The number of carboxylic acids is 1. The molecule has 2 aliphatic rings. The Balaban J connectivity index is 1.77. The summed E-state index contributed by atoms with van der Waals surface area (Å²) in [4.78, 5) is 22.8. The van der Waals surface area contributed by atoms with Crippen LogP contribution in [0.15, 0.2) is 0 Å². The molecule has 0 heterocycles. The summed E-state index contributed by atoms with van der Waals surface area (Å²) in [6.07, 6.45) is 5.43. The van der Waals surface area contributed by atoms with Gasteiger partial charge in [-0.25, -0.2) is 0 Å². The topological polar surface area (TPSA) is 66.4 Å². The van der Waals surface area contributed by atoms with Crippen LogP contribution in [0.5, 0.6) is 0 Å². The molecule has 0 aromatic carbocycles. The second-order valence-electron chi connectivity index (χ2n) is 6.67. The molecule has 2 rings (SSSR count). The average molecular weight is 253 g/mol. The minimum atomic E-state index is -0.737. The van der Waals surface area contributed by atoms with Gasteiger partial charge in [0.25, 0.3) is 0 Å². The second kappa shape index (κ2) is 4.90. The second-order valence-corrected chi connectivity index (χ2v) is 6.67. The van der Waals surface area contributed by atoms with Crippen LogP contribution in [0.1, 0.15) is 52.4 Å². The summed E-state index contributed by atoms with van der Waals surface area (Å²) in [5.41, 5.74) is 0.267. The van der Waals surface area contributed by atoms with Gasteiger partial charge in [0, 0.05) is 12.0 Å². The highest BCUT2D eigenvalue weighted by Gasteiger charge is 2.38. The molecule has 4 heteroatoms. The van der Waals surface area contributed by atoms with Gasteiger partial charge in [0.15, 0.2) is 0 Å². The van der Waals surface area contributed by atoms with Crippen LogP contribution < -0.4 is 5.32 Å². The molecule has 2 aliphatic carbocycles. The highest BCUT2D eigenvalue weighted by molar-refractivity contribution is 5.80. The first kappa shape index (κ1) is 13.4. The third-order valence-corrected chi connectivity index (χ3v) is 4.41. The summed E-state index contributed by atoms with van der Waals surface area (Å²) >= 11 is 0. The maximum atomic E-state index is 12.1. The average Bonchev–Trinajstić information content (AvgIpc) is 2.20. The summed E-state index contributed by atoms with van der Waals surface area (Å²) in [5.74, 6) is -0.730. The van der Waals surface area contributed by atoms with Gasteiger partial charge in [-0.15, -0.1) is 0 Å². The molecule has 1 unspecified atom stereocenters. The van der Waals surface area contributed by atoms with Crippen molar-refractivity contribution in [2.75, 3.05) is 0 Å². The summed E-state index contributed by atoms with van der Waals surface area (Å²) in [7, 11) is 0.